The van der Waals surface area contributed by atoms with Crippen LogP contribution in [0.15, 0.2) is 87.6 Å². The fourth-order valence-electron chi connectivity index (χ4n) is 5.47. The number of aliphatic hydroxyl groups excluding tert-OH is 1. The van der Waals surface area contributed by atoms with Crippen LogP contribution in [-0.4, -0.2) is 45.5 Å². The van der Waals surface area contributed by atoms with Crippen molar-refractivity contribution in [1.82, 2.24) is 9.88 Å². The summed E-state index contributed by atoms with van der Waals surface area (Å²) in [4.78, 5) is 26.5. The van der Waals surface area contributed by atoms with Crippen LogP contribution in [0.4, 0.5) is 0 Å². The molecule has 1 amide bonds. The summed E-state index contributed by atoms with van der Waals surface area (Å²) in [6.45, 7) is 3.34. The average Bonchev–Trinajstić information content (AvgIpc) is 3.56. The number of fused-ring (bicyclic) bond motifs is 3. The molecule has 3 aromatic carbocycles. The number of benzene rings is 3. The van der Waals surface area contributed by atoms with E-state index in [1.165, 1.54) is 0 Å². The molecule has 0 fully saturated rings. The zero-order valence-corrected chi connectivity index (χ0v) is 25.0. The molecule has 1 N–H and O–H groups in total. The summed E-state index contributed by atoms with van der Waals surface area (Å²) in [7, 11) is 0. The van der Waals surface area contributed by atoms with Crippen LogP contribution in [0.3, 0.4) is 0 Å². The zero-order chi connectivity index (χ0) is 28.4. The number of aryl methyl sites for hydroxylation is 1. The topological polar surface area (TPSA) is 84.2 Å². The lowest BCUT2D eigenvalue weighted by atomic mass is 9.81. The molecule has 0 spiro atoms. The molecule has 0 saturated carbocycles. The molecule has 41 heavy (non-hydrogen) atoms. The molecule has 2 aliphatic rings. The molecule has 6 rings (SSSR count). The SMILES string of the molecule is Cc1nc(CN2Cc3ccccc3[C@H]3OC(c4ccc(OCCCO)cc4)=N[C@@]3(Cc3ccccc3Br)C2=O)cs1. The average molecular weight is 633 g/mol. The van der Waals surface area contributed by atoms with Crippen molar-refractivity contribution in [2.45, 2.75) is 44.5 Å². The van der Waals surface area contributed by atoms with Crippen LogP contribution in [-0.2, 0) is 29.0 Å². The van der Waals surface area contributed by atoms with E-state index in [1.54, 1.807) is 11.3 Å². The lowest BCUT2D eigenvalue weighted by Crippen LogP contribution is -2.49. The van der Waals surface area contributed by atoms with E-state index >= 15 is 0 Å². The second-order valence-corrected chi connectivity index (χ2v) is 12.2. The Labute approximate surface area is 251 Å². The Kier molecular flexibility index (Phi) is 7.92. The quantitative estimate of drug-likeness (QED) is 0.229. The first-order chi connectivity index (χ1) is 20.0. The highest BCUT2D eigenvalue weighted by atomic mass is 79.9. The molecule has 0 saturated heterocycles. The lowest BCUT2D eigenvalue weighted by molar-refractivity contribution is -0.140. The van der Waals surface area contributed by atoms with Gasteiger partial charge in [0, 0.05) is 47.0 Å². The molecule has 3 heterocycles. The van der Waals surface area contributed by atoms with Gasteiger partial charge in [0.05, 0.1) is 23.9 Å². The number of carbonyl (C=O) groups is 1. The Bertz CT molecular complexity index is 1590. The van der Waals surface area contributed by atoms with Crippen LogP contribution >= 0.6 is 27.3 Å². The number of hydrogen-bond donors (Lipinski definition) is 1. The van der Waals surface area contributed by atoms with Crippen LogP contribution in [0.1, 0.15) is 45.5 Å². The predicted octanol–water partition coefficient (Wildman–Crippen LogP) is 6.02. The van der Waals surface area contributed by atoms with Crippen LogP contribution in [0.5, 0.6) is 5.75 Å². The first-order valence-electron chi connectivity index (χ1n) is 13.6. The summed E-state index contributed by atoms with van der Waals surface area (Å²) >= 11 is 5.28. The molecule has 2 aliphatic heterocycles. The number of aromatic nitrogens is 1. The van der Waals surface area contributed by atoms with Crippen molar-refractivity contribution in [2.24, 2.45) is 4.99 Å². The van der Waals surface area contributed by atoms with Crippen LogP contribution in [0.25, 0.3) is 0 Å². The number of amides is 1. The van der Waals surface area contributed by atoms with Crippen molar-refractivity contribution in [2.75, 3.05) is 13.2 Å². The van der Waals surface area contributed by atoms with Gasteiger partial charge in [-0.25, -0.2) is 9.98 Å². The minimum atomic E-state index is -1.22. The molecule has 2 atom stereocenters. The summed E-state index contributed by atoms with van der Waals surface area (Å²) in [6, 6.07) is 23.6. The Morgan fingerprint density at radius 3 is 2.66 bits per heavy atom. The van der Waals surface area contributed by atoms with Crippen molar-refractivity contribution in [3.05, 3.63) is 116 Å². The van der Waals surface area contributed by atoms with Gasteiger partial charge < -0.3 is 19.5 Å². The maximum absolute atomic E-state index is 14.8. The second-order valence-electron chi connectivity index (χ2n) is 10.3. The largest absolute Gasteiger partial charge is 0.494 e. The summed E-state index contributed by atoms with van der Waals surface area (Å²) < 4.78 is 13.3. The predicted molar refractivity (Wildman–Crippen MR) is 162 cm³/mol. The number of nitrogens with zero attached hydrogens (tertiary/aromatic N) is 3. The third-order valence-corrected chi connectivity index (χ3v) is 9.03. The monoisotopic (exact) mass is 631 g/mol. The number of ether oxygens (including phenoxy) is 2. The van der Waals surface area contributed by atoms with E-state index in [1.807, 2.05) is 77.9 Å². The highest BCUT2D eigenvalue weighted by molar-refractivity contribution is 9.10. The number of thiazole rings is 1. The minimum absolute atomic E-state index is 0.0817. The first kappa shape index (κ1) is 27.6. The van der Waals surface area contributed by atoms with Gasteiger partial charge in [-0.1, -0.05) is 58.4 Å². The number of carbonyl (C=O) groups excluding carboxylic acids is 1. The maximum atomic E-state index is 14.8. The van der Waals surface area contributed by atoms with Crippen molar-refractivity contribution in [1.29, 1.82) is 0 Å². The molecule has 9 heteroatoms. The van der Waals surface area contributed by atoms with Gasteiger partial charge in [0.2, 0.25) is 5.90 Å². The third kappa shape index (κ3) is 5.54. The number of aliphatic hydroxyl groups is 1. The Morgan fingerprint density at radius 1 is 1.12 bits per heavy atom. The second kappa shape index (κ2) is 11.8. The van der Waals surface area contributed by atoms with Gasteiger partial charge in [0.25, 0.3) is 5.91 Å². The molecule has 7 nitrogen and oxygen atoms in total. The van der Waals surface area contributed by atoms with Gasteiger partial charge in [-0.05, 0) is 48.4 Å². The van der Waals surface area contributed by atoms with E-state index in [9.17, 15) is 4.79 Å². The van der Waals surface area contributed by atoms with Gasteiger partial charge in [0.1, 0.15) is 5.75 Å². The van der Waals surface area contributed by atoms with Gasteiger partial charge in [-0.15, -0.1) is 11.3 Å². The number of hydrogen-bond acceptors (Lipinski definition) is 7. The number of aliphatic imine (C=N–C) groups is 1. The van der Waals surface area contributed by atoms with E-state index in [2.05, 4.69) is 33.0 Å². The van der Waals surface area contributed by atoms with Crippen LogP contribution in [0.2, 0.25) is 0 Å². The zero-order valence-electron chi connectivity index (χ0n) is 22.6. The van der Waals surface area contributed by atoms with Crippen LogP contribution < -0.4 is 4.74 Å². The smallest absolute Gasteiger partial charge is 0.255 e. The fourth-order valence-corrected chi connectivity index (χ4v) is 6.49. The van der Waals surface area contributed by atoms with Gasteiger partial charge in [0.15, 0.2) is 11.6 Å². The minimum Gasteiger partial charge on any atom is -0.494 e. The van der Waals surface area contributed by atoms with Gasteiger partial charge >= 0.3 is 0 Å². The van der Waals surface area contributed by atoms with Crippen molar-refractivity contribution in [3.8, 4) is 5.75 Å². The van der Waals surface area contributed by atoms with Crippen molar-refractivity contribution in [3.63, 3.8) is 0 Å². The molecule has 0 radical (unpaired) electrons. The molecular formula is C32H30BrN3O4S. The van der Waals surface area contributed by atoms with E-state index < -0.39 is 11.6 Å². The highest BCUT2D eigenvalue weighted by Gasteiger charge is 2.57. The molecular weight excluding hydrogens is 602 g/mol. The van der Waals surface area contributed by atoms with E-state index in [0.717, 1.165) is 37.4 Å². The third-order valence-electron chi connectivity index (χ3n) is 7.43. The van der Waals surface area contributed by atoms with Crippen molar-refractivity contribution < 1.29 is 19.4 Å². The van der Waals surface area contributed by atoms with Gasteiger partial charge in [-0.2, -0.15) is 0 Å². The Balaban J connectivity index is 1.45. The summed E-state index contributed by atoms with van der Waals surface area (Å²) in [6.07, 6.45) is 0.330. The molecule has 0 bridgehead atoms. The maximum Gasteiger partial charge on any atom is 0.255 e. The molecule has 0 aliphatic carbocycles. The van der Waals surface area contributed by atoms with Gasteiger partial charge in [-0.3, -0.25) is 4.79 Å². The molecule has 1 aromatic heterocycles. The normalized spacial score (nSPS) is 19.7. The lowest BCUT2D eigenvalue weighted by Gasteiger charge is -2.32. The summed E-state index contributed by atoms with van der Waals surface area (Å²) in [5.41, 5.74) is 3.41. The first-order valence-corrected chi connectivity index (χ1v) is 15.3. The number of halogens is 1. The van der Waals surface area contributed by atoms with Crippen LogP contribution in [0, 0.1) is 6.92 Å². The Hall–Kier alpha value is -3.53. The summed E-state index contributed by atoms with van der Waals surface area (Å²) in [5, 5.41) is 12.0. The van der Waals surface area contributed by atoms with E-state index in [0.29, 0.717) is 44.2 Å². The standard InChI is InChI=1S/C32H30BrN3O4S/c1-21-34-25(20-41-21)19-36-18-24-8-2-4-9-27(24)29-32(31(36)38,17-23-7-3-5-10-28(23)33)35-30(40-29)22-11-13-26(14-12-22)39-16-6-15-37/h2-5,7-14,20,29,37H,6,15-19H2,1H3/t29-,32-/m1/s1. The fraction of sp³-hybridized carbons (Fsp3) is 0.281. The molecule has 210 valence electrons. The summed E-state index contributed by atoms with van der Waals surface area (Å²) in [5.74, 6) is 1.04. The molecule has 4 aromatic rings. The van der Waals surface area contributed by atoms with E-state index in [4.69, 9.17) is 19.6 Å². The molecule has 0 unspecified atom stereocenters. The number of rotatable bonds is 9. The van der Waals surface area contributed by atoms with Crippen molar-refractivity contribution >= 4 is 39.1 Å². The van der Waals surface area contributed by atoms with E-state index in [-0.39, 0.29) is 12.5 Å². The Morgan fingerprint density at radius 2 is 1.90 bits per heavy atom. The highest BCUT2D eigenvalue weighted by Crippen LogP contribution is 2.47.